The van der Waals surface area contributed by atoms with E-state index in [1.165, 1.54) is 238 Å². The summed E-state index contributed by atoms with van der Waals surface area (Å²) in [6.07, 6.45) is 78.9. The van der Waals surface area contributed by atoms with Crippen LogP contribution in [-0.4, -0.2) is 68.5 Å². The van der Waals surface area contributed by atoms with Gasteiger partial charge in [-0.2, -0.15) is 0 Å². The molecule has 3 unspecified atom stereocenters. The number of nitrogens with zero attached hydrogens (tertiary/aromatic N) is 1. The minimum Gasteiger partial charge on any atom is -0.756 e. The first-order valence-corrected chi connectivity index (χ1v) is 34.9. The number of nitrogens with one attached hydrogen (secondary N) is 1. The maximum atomic E-state index is 13.0. The topological polar surface area (TPSA) is 108 Å². The van der Waals surface area contributed by atoms with Gasteiger partial charge in [0, 0.05) is 6.42 Å². The molecule has 0 spiro atoms. The van der Waals surface area contributed by atoms with Gasteiger partial charge in [-0.1, -0.05) is 319 Å². The number of amides is 1. The lowest BCUT2D eigenvalue weighted by atomic mass is 10.0. The van der Waals surface area contributed by atoms with Gasteiger partial charge >= 0.3 is 0 Å². The van der Waals surface area contributed by atoms with E-state index in [4.69, 9.17) is 9.05 Å². The Kier molecular flexibility index (Phi) is 57.9. The van der Waals surface area contributed by atoms with Crippen molar-refractivity contribution >= 4 is 13.7 Å². The molecule has 77 heavy (non-hydrogen) atoms. The summed E-state index contributed by atoms with van der Waals surface area (Å²) < 4.78 is 23.5. The lowest BCUT2D eigenvalue weighted by Crippen LogP contribution is -2.46. The van der Waals surface area contributed by atoms with Crippen LogP contribution >= 0.6 is 7.82 Å². The largest absolute Gasteiger partial charge is 0.756 e. The van der Waals surface area contributed by atoms with Crippen LogP contribution in [0, 0.1) is 0 Å². The first-order chi connectivity index (χ1) is 37.5. The molecule has 2 N–H and O–H groups in total. The van der Waals surface area contributed by atoms with Crippen LogP contribution in [0.2, 0.25) is 0 Å². The van der Waals surface area contributed by atoms with Gasteiger partial charge in [0.1, 0.15) is 13.2 Å². The number of likely N-dealkylation sites (N-methyl/N-ethyl adjacent to an activating group) is 1. The molecule has 0 heterocycles. The van der Waals surface area contributed by atoms with Crippen molar-refractivity contribution in [2.24, 2.45) is 0 Å². The minimum atomic E-state index is -4.58. The number of aliphatic hydroxyl groups excluding tert-OH is 1. The predicted molar refractivity (Wildman–Crippen MR) is 334 cm³/mol. The SMILES string of the molecule is CC/C=C\C/C=C\C/C=C\C/C=C\CCCCCCCCCCCCCCCCCCC(=O)NC(COP(=O)([O-])OCC[N+](C)(C)C)C(O)CCCCCCCCCCCCCCCCCCCCCCCCCCCC. The lowest BCUT2D eigenvalue weighted by molar-refractivity contribution is -0.870. The Morgan fingerprint density at radius 2 is 0.792 bits per heavy atom. The van der Waals surface area contributed by atoms with Gasteiger partial charge in [0.15, 0.2) is 0 Å². The molecule has 0 aromatic heterocycles. The minimum absolute atomic E-state index is 0.0129. The van der Waals surface area contributed by atoms with E-state index in [9.17, 15) is 19.4 Å². The van der Waals surface area contributed by atoms with Gasteiger partial charge in [0.05, 0.1) is 39.9 Å². The van der Waals surface area contributed by atoms with Gasteiger partial charge in [0.2, 0.25) is 5.91 Å². The molecule has 0 aromatic rings. The highest BCUT2D eigenvalue weighted by molar-refractivity contribution is 7.45. The maximum absolute atomic E-state index is 13.0. The van der Waals surface area contributed by atoms with Crippen LogP contribution in [0.4, 0.5) is 0 Å². The fraction of sp³-hybridized carbons (Fsp3) is 0.868. The number of quaternary nitrogens is 1. The van der Waals surface area contributed by atoms with E-state index in [1.54, 1.807) is 0 Å². The normalized spacial score (nSPS) is 14.0. The van der Waals surface area contributed by atoms with Crippen molar-refractivity contribution in [1.29, 1.82) is 0 Å². The van der Waals surface area contributed by atoms with Crippen molar-refractivity contribution < 1.29 is 32.9 Å². The van der Waals surface area contributed by atoms with E-state index >= 15 is 0 Å². The quantitative estimate of drug-likeness (QED) is 0.0272. The molecule has 8 nitrogen and oxygen atoms in total. The molecule has 0 radical (unpaired) electrons. The molecular weight excluding hydrogens is 972 g/mol. The number of allylic oxidation sites excluding steroid dienone is 8. The monoisotopic (exact) mass is 1100 g/mol. The summed E-state index contributed by atoms with van der Waals surface area (Å²) in [6.45, 7) is 4.66. The molecule has 0 rings (SSSR count). The molecule has 0 bridgehead atoms. The molecule has 0 saturated carbocycles. The standard InChI is InChI=1S/C68H131N2O6P/c1-6-8-10-12-14-16-18-20-22-24-26-28-30-32-34-35-36-38-40-42-44-46-48-50-52-54-56-58-60-62-68(72)69-66(65-76-77(73,74)75-64-63-70(3,4)5)67(71)61-59-57-55-53-51-49-47-45-43-41-39-37-33-31-29-27-25-23-21-19-17-15-13-11-9-7-2/h8,10,14,16,20,22,26,28,66-67,71H,6-7,9,11-13,15,17-19,21,23-25,27,29-65H2,1-5H3,(H-,69,72,73,74)/b10-8-,16-14-,22-20-,28-26-. The molecule has 0 aromatic carbocycles. The predicted octanol–water partition coefficient (Wildman–Crippen LogP) is 20.4. The molecule has 0 aliphatic carbocycles. The second-order valence-corrected chi connectivity index (χ2v) is 25.6. The molecule has 1 amide bonds. The highest BCUT2D eigenvalue weighted by Crippen LogP contribution is 2.38. The van der Waals surface area contributed by atoms with Crippen LogP contribution in [-0.2, 0) is 18.4 Å². The van der Waals surface area contributed by atoms with E-state index < -0.39 is 20.0 Å². The summed E-state index contributed by atoms with van der Waals surface area (Å²) in [6, 6.07) is -0.802. The Hall–Kier alpha value is -1.54. The molecule has 0 aliphatic rings. The number of carbonyl (C=O) groups is 1. The maximum Gasteiger partial charge on any atom is 0.268 e. The number of unbranched alkanes of at least 4 members (excludes halogenated alkanes) is 41. The molecule has 0 fully saturated rings. The lowest BCUT2D eigenvalue weighted by Gasteiger charge is -2.30. The number of rotatable bonds is 62. The van der Waals surface area contributed by atoms with E-state index in [1.807, 2.05) is 21.1 Å². The molecule has 454 valence electrons. The third-order valence-corrected chi connectivity index (χ3v) is 16.3. The molecule has 0 aliphatic heterocycles. The Balaban J connectivity index is 4.05. The Bertz CT molecular complexity index is 1390. The van der Waals surface area contributed by atoms with Crippen LogP contribution in [0.15, 0.2) is 48.6 Å². The number of hydrogen-bond donors (Lipinski definition) is 2. The van der Waals surface area contributed by atoms with Gasteiger partial charge in [0.25, 0.3) is 7.82 Å². The zero-order valence-corrected chi connectivity index (χ0v) is 52.8. The first-order valence-electron chi connectivity index (χ1n) is 33.5. The van der Waals surface area contributed by atoms with E-state index in [0.29, 0.717) is 23.9 Å². The average Bonchev–Trinajstić information content (AvgIpc) is 3.39. The second-order valence-electron chi connectivity index (χ2n) is 24.2. The van der Waals surface area contributed by atoms with Gasteiger partial charge in [-0.3, -0.25) is 9.36 Å². The van der Waals surface area contributed by atoms with E-state index in [-0.39, 0.29) is 19.1 Å². The Morgan fingerprint density at radius 3 is 1.16 bits per heavy atom. The summed E-state index contributed by atoms with van der Waals surface area (Å²) in [4.78, 5) is 25.6. The zero-order chi connectivity index (χ0) is 56.3. The van der Waals surface area contributed by atoms with Crippen LogP contribution < -0.4 is 10.2 Å². The second kappa shape index (κ2) is 59.1. The van der Waals surface area contributed by atoms with E-state index in [0.717, 1.165) is 64.2 Å². The van der Waals surface area contributed by atoms with Crippen molar-refractivity contribution in [3.63, 3.8) is 0 Å². The summed E-state index contributed by atoms with van der Waals surface area (Å²) >= 11 is 0. The van der Waals surface area contributed by atoms with Crippen molar-refractivity contribution in [2.75, 3.05) is 40.9 Å². The van der Waals surface area contributed by atoms with Gasteiger partial charge in [-0.25, -0.2) is 0 Å². The van der Waals surface area contributed by atoms with Crippen LogP contribution in [0.3, 0.4) is 0 Å². The third-order valence-electron chi connectivity index (χ3n) is 15.3. The fourth-order valence-electron chi connectivity index (χ4n) is 10.2. The Morgan fingerprint density at radius 1 is 0.468 bits per heavy atom. The van der Waals surface area contributed by atoms with Crippen LogP contribution in [0.1, 0.15) is 328 Å². The third kappa shape index (κ3) is 61.9. The van der Waals surface area contributed by atoms with Crippen LogP contribution in [0.5, 0.6) is 0 Å². The zero-order valence-electron chi connectivity index (χ0n) is 51.9. The summed E-state index contributed by atoms with van der Waals surface area (Å²) in [7, 11) is 1.32. The van der Waals surface area contributed by atoms with Crippen LogP contribution in [0.25, 0.3) is 0 Å². The number of hydrogen-bond acceptors (Lipinski definition) is 6. The molecule has 0 saturated heterocycles. The van der Waals surface area contributed by atoms with Gasteiger partial charge in [-0.15, -0.1) is 0 Å². The number of aliphatic hydroxyl groups is 1. The fourth-order valence-corrected chi connectivity index (χ4v) is 10.9. The summed E-state index contributed by atoms with van der Waals surface area (Å²) in [5.74, 6) is -0.160. The summed E-state index contributed by atoms with van der Waals surface area (Å²) in [5, 5.41) is 14.1. The first kappa shape index (κ1) is 75.5. The molecular formula is C68H131N2O6P. The van der Waals surface area contributed by atoms with Crippen molar-refractivity contribution in [1.82, 2.24) is 5.32 Å². The van der Waals surface area contributed by atoms with Gasteiger partial charge < -0.3 is 28.8 Å². The van der Waals surface area contributed by atoms with Crippen molar-refractivity contribution in [2.45, 2.75) is 341 Å². The van der Waals surface area contributed by atoms with Gasteiger partial charge in [-0.05, 0) is 51.4 Å². The molecule has 9 heteroatoms. The van der Waals surface area contributed by atoms with Crippen molar-refractivity contribution in [3.05, 3.63) is 48.6 Å². The molecule has 3 atom stereocenters. The smallest absolute Gasteiger partial charge is 0.268 e. The number of phosphoric acid groups is 1. The highest BCUT2D eigenvalue weighted by Gasteiger charge is 2.24. The number of phosphoric ester groups is 1. The summed E-state index contributed by atoms with van der Waals surface area (Å²) in [5.41, 5.74) is 0. The number of carbonyl (C=O) groups excluding carboxylic acids is 1. The average molecular weight is 1100 g/mol. The van der Waals surface area contributed by atoms with E-state index in [2.05, 4.69) is 67.8 Å². The van der Waals surface area contributed by atoms with Crippen molar-refractivity contribution in [3.8, 4) is 0 Å². The highest BCUT2D eigenvalue weighted by atomic mass is 31.2. The Labute approximate surface area is 479 Å².